The molecule has 2 aromatic rings. The summed E-state index contributed by atoms with van der Waals surface area (Å²) in [5, 5.41) is 7.45. The molecule has 1 N–H and O–H groups in total. The Morgan fingerprint density at radius 2 is 2.13 bits per heavy atom. The number of aryl methyl sites for hydroxylation is 1. The summed E-state index contributed by atoms with van der Waals surface area (Å²) in [6.07, 6.45) is 4.34. The van der Waals surface area contributed by atoms with Crippen molar-refractivity contribution in [1.82, 2.24) is 15.1 Å². The number of hydrogen-bond acceptors (Lipinski definition) is 3. The Bertz CT molecular complexity index is 682. The molecule has 1 aromatic heterocycles. The molecule has 2 heterocycles. The summed E-state index contributed by atoms with van der Waals surface area (Å²) in [6, 6.07) is 6.35. The normalized spacial score (nSPS) is 19.3. The molecule has 1 saturated heterocycles. The van der Waals surface area contributed by atoms with Gasteiger partial charge in [-0.25, -0.2) is 4.39 Å². The SMILES string of the molecule is CC(CNC1CCN(c2cnn(C)c2)C1=O)c1ccc(F)cc1. The Balaban J connectivity index is 1.57. The summed E-state index contributed by atoms with van der Waals surface area (Å²) < 4.78 is 14.7. The zero-order valence-electron chi connectivity index (χ0n) is 13.4. The molecular weight excluding hydrogens is 295 g/mol. The fraction of sp³-hybridized carbons (Fsp3) is 0.412. The van der Waals surface area contributed by atoms with Gasteiger partial charge in [-0.2, -0.15) is 5.10 Å². The zero-order chi connectivity index (χ0) is 16.4. The van der Waals surface area contributed by atoms with E-state index in [4.69, 9.17) is 0 Å². The molecule has 0 radical (unpaired) electrons. The molecule has 5 nitrogen and oxygen atoms in total. The van der Waals surface area contributed by atoms with E-state index in [0.29, 0.717) is 13.1 Å². The van der Waals surface area contributed by atoms with Gasteiger partial charge in [-0.1, -0.05) is 19.1 Å². The number of nitrogens with one attached hydrogen (secondary N) is 1. The minimum Gasteiger partial charge on any atom is -0.308 e. The smallest absolute Gasteiger partial charge is 0.244 e. The summed E-state index contributed by atoms with van der Waals surface area (Å²) in [7, 11) is 1.84. The Kier molecular flexibility index (Phi) is 4.43. The summed E-state index contributed by atoms with van der Waals surface area (Å²) in [4.78, 5) is 14.3. The van der Waals surface area contributed by atoms with Crippen LogP contribution in [0, 0.1) is 5.82 Å². The van der Waals surface area contributed by atoms with Gasteiger partial charge in [0.1, 0.15) is 5.82 Å². The van der Waals surface area contributed by atoms with Gasteiger partial charge in [-0.15, -0.1) is 0 Å². The number of carbonyl (C=O) groups excluding carboxylic acids is 1. The highest BCUT2D eigenvalue weighted by atomic mass is 19.1. The fourth-order valence-electron chi connectivity index (χ4n) is 2.90. The zero-order valence-corrected chi connectivity index (χ0v) is 13.4. The van der Waals surface area contributed by atoms with Crippen LogP contribution >= 0.6 is 0 Å². The Morgan fingerprint density at radius 3 is 2.78 bits per heavy atom. The molecule has 0 bridgehead atoms. The van der Waals surface area contributed by atoms with Gasteiger partial charge in [0.15, 0.2) is 0 Å². The highest BCUT2D eigenvalue weighted by Gasteiger charge is 2.32. The van der Waals surface area contributed by atoms with Gasteiger partial charge < -0.3 is 10.2 Å². The van der Waals surface area contributed by atoms with E-state index in [-0.39, 0.29) is 23.7 Å². The molecule has 1 aliphatic rings. The minimum atomic E-state index is -0.230. The van der Waals surface area contributed by atoms with Crippen LogP contribution in [0.1, 0.15) is 24.8 Å². The van der Waals surface area contributed by atoms with Crippen molar-refractivity contribution in [2.45, 2.75) is 25.3 Å². The number of anilines is 1. The predicted molar refractivity (Wildman–Crippen MR) is 86.8 cm³/mol. The highest BCUT2D eigenvalue weighted by Crippen LogP contribution is 2.21. The molecule has 2 atom stereocenters. The van der Waals surface area contributed by atoms with Gasteiger partial charge in [0, 0.05) is 26.3 Å². The van der Waals surface area contributed by atoms with Crippen molar-refractivity contribution < 1.29 is 9.18 Å². The second-order valence-corrected chi connectivity index (χ2v) is 6.06. The van der Waals surface area contributed by atoms with Crippen LogP contribution in [-0.2, 0) is 11.8 Å². The van der Waals surface area contributed by atoms with E-state index < -0.39 is 0 Å². The third kappa shape index (κ3) is 3.42. The standard InChI is InChI=1S/C17H21FN4O/c1-12(13-3-5-14(18)6-4-13)9-19-16-7-8-22(17(16)23)15-10-20-21(2)11-15/h3-6,10-12,16,19H,7-9H2,1-2H3. The third-order valence-electron chi connectivity index (χ3n) is 4.32. The van der Waals surface area contributed by atoms with E-state index in [1.54, 1.807) is 27.9 Å². The van der Waals surface area contributed by atoms with Gasteiger partial charge in [-0.05, 0) is 30.0 Å². The number of hydrogen-bond donors (Lipinski definition) is 1. The Hall–Kier alpha value is -2.21. The molecule has 1 aromatic carbocycles. The largest absolute Gasteiger partial charge is 0.308 e. The van der Waals surface area contributed by atoms with Crippen molar-refractivity contribution in [3.8, 4) is 0 Å². The third-order valence-corrected chi connectivity index (χ3v) is 4.32. The number of nitrogens with zero attached hydrogens (tertiary/aromatic N) is 3. The molecular formula is C17H21FN4O. The van der Waals surface area contributed by atoms with Crippen molar-refractivity contribution in [2.24, 2.45) is 7.05 Å². The molecule has 2 unspecified atom stereocenters. The van der Waals surface area contributed by atoms with Crippen LogP contribution in [0.2, 0.25) is 0 Å². The molecule has 23 heavy (non-hydrogen) atoms. The van der Waals surface area contributed by atoms with Crippen molar-refractivity contribution in [2.75, 3.05) is 18.0 Å². The quantitative estimate of drug-likeness (QED) is 0.918. The van der Waals surface area contributed by atoms with Crippen LogP contribution in [0.3, 0.4) is 0 Å². The Morgan fingerprint density at radius 1 is 1.39 bits per heavy atom. The summed E-state index contributed by atoms with van der Waals surface area (Å²) in [5.74, 6) is 0.0761. The molecule has 3 rings (SSSR count). The first-order chi connectivity index (χ1) is 11.0. The van der Waals surface area contributed by atoms with E-state index >= 15 is 0 Å². The maximum absolute atomic E-state index is 13.0. The number of carbonyl (C=O) groups is 1. The van der Waals surface area contributed by atoms with E-state index in [9.17, 15) is 9.18 Å². The van der Waals surface area contributed by atoms with Crippen LogP contribution in [0.25, 0.3) is 0 Å². The van der Waals surface area contributed by atoms with Crippen molar-refractivity contribution in [3.63, 3.8) is 0 Å². The first kappa shape index (κ1) is 15.7. The lowest BCUT2D eigenvalue weighted by Crippen LogP contribution is -2.39. The summed E-state index contributed by atoms with van der Waals surface area (Å²) >= 11 is 0. The van der Waals surface area contributed by atoms with Crippen LogP contribution in [0.5, 0.6) is 0 Å². The lowest BCUT2D eigenvalue weighted by atomic mass is 10.0. The van der Waals surface area contributed by atoms with Crippen LogP contribution in [0.15, 0.2) is 36.7 Å². The maximum atomic E-state index is 13.0. The molecule has 1 fully saturated rings. The van der Waals surface area contributed by atoms with Crippen molar-refractivity contribution in [1.29, 1.82) is 0 Å². The maximum Gasteiger partial charge on any atom is 0.244 e. The molecule has 0 spiro atoms. The second-order valence-electron chi connectivity index (χ2n) is 6.06. The van der Waals surface area contributed by atoms with Crippen LogP contribution < -0.4 is 10.2 Å². The first-order valence-electron chi connectivity index (χ1n) is 7.83. The van der Waals surface area contributed by atoms with Crippen LogP contribution in [-0.4, -0.2) is 34.8 Å². The lowest BCUT2D eigenvalue weighted by Gasteiger charge is -2.18. The highest BCUT2D eigenvalue weighted by molar-refractivity contribution is 5.99. The van der Waals surface area contributed by atoms with Crippen molar-refractivity contribution in [3.05, 3.63) is 48.0 Å². The van der Waals surface area contributed by atoms with E-state index in [0.717, 1.165) is 17.7 Å². The summed E-state index contributed by atoms with van der Waals surface area (Å²) in [5.41, 5.74) is 1.90. The first-order valence-corrected chi connectivity index (χ1v) is 7.83. The average Bonchev–Trinajstić information content (AvgIpc) is 3.11. The topological polar surface area (TPSA) is 50.2 Å². The van der Waals surface area contributed by atoms with Gasteiger partial charge >= 0.3 is 0 Å². The van der Waals surface area contributed by atoms with E-state index in [2.05, 4.69) is 17.3 Å². The van der Waals surface area contributed by atoms with Gasteiger partial charge in [0.25, 0.3) is 0 Å². The number of amides is 1. The van der Waals surface area contributed by atoms with Crippen molar-refractivity contribution >= 4 is 11.6 Å². The molecule has 0 saturated carbocycles. The Labute approximate surface area is 135 Å². The second kappa shape index (κ2) is 6.50. The average molecular weight is 316 g/mol. The molecule has 0 aliphatic carbocycles. The van der Waals surface area contributed by atoms with Gasteiger partial charge in [0.2, 0.25) is 5.91 Å². The van der Waals surface area contributed by atoms with E-state index in [1.807, 2.05) is 13.2 Å². The number of benzene rings is 1. The van der Waals surface area contributed by atoms with Crippen LogP contribution in [0.4, 0.5) is 10.1 Å². The predicted octanol–water partition coefficient (Wildman–Crippen LogP) is 2.06. The molecule has 6 heteroatoms. The lowest BCUT2D eigenvalue weighted by molar-refractivity contribution is -0.118. The molecule has 1 aliphatic heterocycles. The number of halogens is 1. The molecule has 1 amide bonds. The molecule has 122 valence electrons. The van der Waals surface area contributed by atoms with E-state index in [1.165, 1.54) is 12.1 Å². The number of aromatic nitrogens is 2. The number of rotatable bonds is 5. The van der Waals surface area contributed by atoms with Gasteiger partial charge in [0.05, 0.1) is 17.9 Å². The van der Waals surface area contributed by atoms with Gasteiger partial charge in [-0.3, -0.25) is 9.48 Å². The fourth-order valence-corrected chi connectivity index (χ4v) is 2.90. The minimum absolute atomic E-state index is 0.0873. The summed E-state index contributed by atoms with van der Waals surface area (Å²) in [6.45, 7) is 3.45. The monoisotopic (exact) mass is 316 g/mol.